The van der Waals surface area contributed by atoms with Gasteiger partial charge in [0.05, 0.1) is 12.7 Å². The second kappa shape index (κ2) is 6.23. The van der Waals surface area contributed by atoms with E-state index in [2.05, 4.69) is 11.4 Å². The Labute approximate surface area is 135 Å². The minimum atomic E-state index is -1.22. The smallest absolute Gasteiger partial charge is 0.278 e. The van der Waals surface area contributed by atoms with Crippen LogP contribution in [0.4, 0.5) is 5.69 Å². The molecule has 0 saturated heterocycles. The van der Waals surface area contributed by atoms with Gasteiger partial charge in [0.2, 0.25) is 0 Å². The van der Waals surface area contributed by atoms with Gasteiger partial charge in [0.25, 0.3) is 11.8 Å². The van der Waals surface area contributed by atoms with E-state index in [1.807, 2.05) is 0 Å². The summed E-state index contributed by atoms with van der Waals surface area (Å²) in [4.78, 5) is 25.8. The van der Waals surface area contributed by atoms with Gasteiger partial charge in [-0.1, -0.05) is 32.0 Å². The third-order valence-corrected chi connectivity index (χ3v) is 4.19. The van der Waals surface area contributed by atoms with Crippen molar-refractivity contribution in [2.45, 2.75) is 32.9 Å². The number of hydrogen-bond acceptors (Lipinski definition) is 5. The Kier molecular flexibility index (Phi) is 4.52. The van der Waals surface area contributed by atoms with Crippen LogP contribution in [0.5, 0.6) is 0 Å². The highest BCUT2D eigenvalue weighted by Gasteiger charge is 2.46. The van der Waals surface area contributed by atoms with Gasteiger partial charge in [0.15, 0.2) is 0 Å². The normalized spacial score (nSPS) is 17.0. The molecule has 1 heterocycles. The molecule has 1 aromatic rings. The maximum absolute atomic E-state index is 12.6. The quantitative estimate of drug-likeness (QED) is 0.808. The fraction of sp³-hybridized carbons (Fsp3) is 0.353. The highest BCUT2D eigenvalue weighted by Crippen LogP contribution is 2.30. The summed E-state index contributed by atoms with van der Waals surface area (Å²) in [5.41, 5.74) is 0.0365. The lowest BCUT2D eigenvalue weighted by Gasteiger charge is -2.34. The van der Waals surface area contributed by atoms with Gasteiger partial charge in [0.1, 0.15) is 11.2 Å². The summed E-state index contributed by atoms with van der Waals surface area (Å²) in [5.74, 6) is -1.27. The number of rotatable bonds is 5. The van der Waals surface area contributed by atoms with E-state index in [-0.39, 0.29) is 18.2 Å². The Morgan fingerprint density at radius 2 is 2.00 bits per heavy atom. The summed E-state index contributed by atoms with van der Waals surface area (Å²) in [5, 5.41) is 21.7. The van der Waals surface area contributed by atoms with Gasteiger partial charge in [-0.05, 0) is 18.9 Å². The van der Waals surface area contributed by atoms with Crippen molar-refractivity contribution < 1.29 is 14.7 Å². The molecule has 6 nitrogen and oxygen atoms in total. The molecule has 0 saturated carbocycles. The molecule has 1 unspecified atom stereocenters. The van der Waals surface area contributed by atoms with Crippen LogP contribution in [-0.4, -0.2) is 27.4 Å². The van der Waals surface area contributed by atoms with Crippen molar-refractivity contribution in [1.29, 1.82) is 5.26 Å². The molecule has 6 heteroatoms. The number of amides is 2. The number of hydrogen-bond donors (Lipinski definition) is 2. The molecule has 1 aliphatic rings. The van der Waals surface area contributed by atoms with E-state index in [0.717, 1.165) is 4.90 Å². The van der Waals surface area contributed by atoms with Crippen molar-refractivity contribution >= 4 is 17.5 Å². The average molecular weight is 313 g/mol. The first kappa shape index (κ1) is 16.7. The first-order valence-corrected chi connectivity index (χ1v) is 7.32. The number of aliphatic hydroxyl groups excluding tert-OH is 1. The lowest BCUT2D eigenvalue weighted by Crippen LogP contribution is -2.53. The minimum absolute atomic E-state index is 0.0954. The molecule has 0 aliphatic carbocycles. The zero-order valence-corrected chi connectivity index (χ0v) is 13.3. The van der Waals surface area contributed by atoms with E-state index >= 15 is 0 Å². The topological polar surface area (TPSA) is 93.4 Å². The van der Waals surface area contributed by atoms with Crippen molar-refractivity contribution in [1.82, 2.24) is 4.90 Å². The summed E-state index contributed by atoms with van der Waals surface area (Å²) in [7, 11) is 0. The van der Waals surface area contributed by atoms with Gasteiger partial charge in [-0.25, -0.2) is 0 Å². The zero-order valence-electron chi connectivity index (χ0n) is 13.3. The molecule has 0 radical (unpaired) electrons. The molecule has 1 aromatic carbocycles. The van der Waals surface area contributed by atoms with Crippen LogP contribution in [0.3, 0.4) is 0 Å². The molecule has 1 atom stereocenters. The van der Waals surface area contributed by atoms with Crippen LogP contribution >= 0.6 is 0 Å². The van der Waals surface area contributed by atoms with E-state index in [1.165, 1.54) is 6.08 Å². The van der Waals surface area contributed by atoms with Gasteiger partial charge in [-0.2, -0.15) is 5.26 Å². The second-order valence-corrected chi connectivity index (χ2v) is 5.89. The maximum Gasteiger partial charge on any atom is 0.278 e. The number of nitrogens with zero attached hydrogens (tertiary/aromatic N) is 2. The summed E-state index contributed by atoms with van der Waals surface area (Å²) >= 11 is 0. The molecule has 1 aliphatic heterocycles. The number of nitrogens with one attached hydrogen (secondary N) is 1. The van der Waals surface area contributed by atoms with Gasteiger partial charge in [-0.3, -0.25) is 14.5 Å². The van der Waals surface area contributed by atoms with Crippen LogP contribution < -0.4 is 5.32 Å². The van der Waals surface area contributed by atoms with Crippen LogP contribution in [0.2, 0.25) is 0 Å². The van der Waals surface area contributed by atoms with Gasteiger partial charge in [0, 0.05) is 17.3 Å². The standard InChI is InChI=1S/C17H19N3O3/c1-11(2)17(3,10-18)20-15(22)8-14(16(20)23)19-13-7-5-4-6-12(13)9-21/h4-8,11,19,21H,9H2,1-3H3. The van der Waals surface area contributed by atoms with E-state index in [4.69, 9.17) is 0 Å². The molecule has 0 bridgehead atoms. The number of para-hydroxylation sites is 1. The first-order chi connectivity index (χ1) is 10.8. The summed E-state index contributed by atoms with van der Waals surface area (Å²) in [6.07, 6.45) is 1.19. The Hall–Kier alpha value is -2.65. The average Bonchev–Trinajstić information content (AvgIpc) is 2.81. The molecule has 2 rings (SSSR count). The number of aliphatic hydroxyl groups is 1. The molecule has 120 valence electrons. The second-order valence-electron chi connectivity index (χ2n) is 5.89. The Morgan fingerprint density at radius 3 is 2.57 bits per heavy atom. The fourth-order valence-corrected chi connectivity index (χ4v) is 2.36. The van der Waals surface area contributed by atoms with Crippen molar-refractivity contribution in [3.05, 3.63) is 41.6 Å². The number of anilines is 1. The molecule has 23 heavy (non-hydrogen) atoms. The van der Waals surface area contributed by atoms with Crippen molar-refractivity contribution in [2.24, 2.45) is 5.92 Å². The minimum Gasteiger partial charge on any atom is -0.392 e. The van der Waals surface area contributed by atoms with Crippen molar-refractivity contribution in [3.63, 3.8) is 0 Å². The Balaban J connectivity index is 2.31. The molecule has 2 N–H and O–H groups in total. The first-order valence-electron chi connectivity index (χ1n) is 7.32. The molecule has 0 fully saturated rings. The highest BCUT2D eigenvalue weighted by molar-refractivity contribution is 6.18. The number of carbonyl (C=O) groups excluding carboxylic acids is 2. The lowest BCUT2D eigenvalue weighted by atomic mass is 9.88. The van der Waals surface area contributed by atoms with Crippen molar-refractivity contribution in [2.75, 3.05) is 5.32 Å². The number of benzene rings is 1. The predicted molar refractivity (Wildman–Crippen MR) is 84.8 cm³/mol. The fourth-order valence-electron chi connectivity index (χ4n) is 2.36. The monoisotopic (exact) mass is 313 g/mol. The van der Waals surface area contributed by atoms with E-state index in [0.29, 0.717) is 11.3 Å². The highest BCUT2D eigenvalue weighted by atomic mass is 16.3. The Bertz CT molecular complexity index is 718. The van der Waals surface area contributed by atoms with Crippen LogP contribution in [0.15, 0.2) is 36.0 Å². The van der Waals surface area contributed by atoms with Crippen LogP contribution in [0.1, 0.15) is 26.3 Å². The maximum atomic E-state index is 12.6. The van der Waals surface area contributed by atoms with Gasteiger partial charge in [-0.15, -0.1) is 0 Å². The summed E-state index contributed by atoms with van der Waals surface area (Å²) < 4.78 is 0. The van der Waals surface area contributed by atoms with E-state index < -0.39 is 17.4 Å². The molecule has 0 aromatic heterocycles. The SMILES string of the molecule is CC(C)C(C)(C#N)N1C(=O)C=C(Nc2ccccc2CO)C1=O. The summed E-state index contributed by atoms with van der Waals surface area (Å²) in [6, 6.07) is 9.02. The number of carbonyl (C=O) groups is 2. The molecular weight excluding hydrogens is 294 g/mol. The Morgan fingerprint density at radius 1 is 1.35 bits per heavy atom. The molecule has 2 amide bonds. The molecular formula is C17H19N3O3. The molecule has 0 spiro atoms. The van der Waals surface area contributed by atoms with Crippen LogP contribution in [0.25, 0.3) is 0 Å². The lowest BCUT2D eigenvalue weighted by molar-refractivity contribution is -0.143. The third kappa shape index (κ3) is 2.83. The largest absolute Gasteiger partial charge is 0.392 e. The van der Waals surface area contributed by atoms with E-state index in [9.17, 15) is 20.0 Å². The van der Waals surface area contributed by atoms with E-state index in [1.54, 1.807) is 45.0 Å². The predicted octanol–water partition coefficient (Wildman–Crippen LogP) is 1.78. The van der Waals surface area contributed by atoms with Crippen LogP contribution in [-0.2, 0) is 16.2 Å². The van der Waals surface area contributed by atoms with Crippen molar-refractivity contribution in [3.8, 4) is 6.07 Å². The number of imide groups is 1. The third-order valence-electron chi connectivity index (χ3n) is 4.19. The number of nitriles is 1. The zero-order chi connectivity index (χ0) is 17.2. The van der Waals surface area contributed by atoms with Crippen LogP contribution in [0, 0.1) is 17.2 Å². The van der Waals surface area contributed by atoms with Gasteiger partial charge >= 0.3 is 0 Å². The van der Waals surface area contributed by atoms with Gasteiger partial charge < -0.3 is 10.4 Å². The summed E-state index contributed by atoms with van der Waals surface area (Å²) in [6.45, 7) is 4.96.